The van der Waals surface area contributed by atoms with Crippen molar-refractivity contribution < 1.29 is 4.74 Å². The number of rotatable bonds is 3. The van der Waals surface area contributed by atoms with Gasteiger partial charge >= 0.3 is 0 Å². The van der Waals surface area contributed by atoms with Gasteiger partial charge in [-0.25, -0.2) is 4.98 Å². The fraction of sp³-hybridized carbons (Fsp3) is 0.500. The van der Waals surface area contributed by atoms with Gasteiger partial charge in [-0.15, -0.1) is 0 Å². The van der Waals surface area contributed by atoms with Gasteiger partial charge in [-0.05, 0) is 56.2 Å². The lowest BCUT2D eigenvalue weighted by molar-refractivity contribution is -0.00223. The minimum Gasteiger partial charge on any atom is -0.378 e. The van der Waals surface area contributed by atoms with Gasteiger partial charge in [-0.2, -0.15) is 0 Å². The third kappa shape index (κ3) is 2.75. The molecule has 2 fully saturated rings. The number of benzene rings is 1. The van der Waals surface area contributed by atoms with Crippen LogP contribution in [0.25, 0.3) is 10.9 Å². The Kier molecular flexibility index (Phi) is 3.30. The number of ether oxygens (including phenoxy) is 1. The van der Waals surface area contributed by atoms with E-state index in [0.717, 1.165) is 36.7 Å². The lowest BCUT2D eigenvalue weighted by Crippen LogP contribution is -2.35. The van der Waals surface area contributed by atoms with Crippen LogP contribution in [-0.2, 0) is 4.74 Å². The van der Waals surface area contributed by atoms with Crippen LogP contribution in [0.1, 0.15) is 31.2 Å². The van der Waals surface area contributed by atoms with Gasteiger partial charge in [0, 0.05) is 18.0 Å². The molecule has 0 spiro atoms. The fourth-order valence-corrected chi connectivity index (χ4v) is 3.32. The molecule has 1 aliphatic heterocycles. The van der Waals surface area contributed by atoms with Gasteiger partial charge in [0.15, 0.2) is 0 Å². The lowest BCUT2D eigenvalue weighted by atomic mass is 10.00. The van der Waals surface area contributed by atoms with Crippen molar-refractivity contribution >= 4 is 16.7 Å². The predicted molar refractivity (Wildman–Crippen MR) is 85.6 cm³/mol. The third-order valence-corrected chi connectivity index (χ3v) is 4.72. The van der Waals surface area contributed by atoms with Crippen LogP contribution in [0.3, 0.4) is 0 Å². The minimum atomic E-state index is 0.469. The quantitative estimate of drug-likeness (QED) is 0.926. The molecule has 2 atom stereocenters. The van der Waals surface area contributed by atoms with Crippen LogP contribution in [0.2, 0.25) is 0 Å². The van der Waals surface area contributed by atoms with E-state index >= 15 is 0 Å². The van der Waals surface area contributed by atoms with Crippen LogP contribution < -0.4 is 5.32 Å². The summed E-state index contributed by atoms with van der Waals surface area (Å²) in [6, 6.07) is 11.0. The Morgan fingerprint density at radius 2 is 2.05 bits per heavy atom. The number of fused-ring (bicyclic) bond motifs is 1. The van der Waals surface area contributed by atoms with E-state index in [2.05, 4.69) is 36.5 Å². The molecule has 2 heterocycles. The number of hydrogen-bond acceptors (Lipinski definition) is 3. The molecule has 0 radical (unpaired) electrons. The Morgan fingerprint density at radius 1 is 1.19 bits per heavy atom. The summed E-state index contributed by atoms with van der Waals surface area (Å²) in [6.07, 6.45) is 5.38. The average Bonchev–Trinajstić information content (AvgIpc) is 3.33. The summed E-state index contributed by atoms with van der Waals surface area (Å²) >= 11 is 0. The number of nitrogens with zero attached hydrogens (tertiary/aromatic N) is 1. The lowest BCUT2D eigenvalue weighted by Gasteiger charge is -2.31. The highest BCUT2D eigenvalue weighted by Gasteiger charge is 2.35. The van der Waals surface area contributed by atoms with Crippen molar-refractivity contribution in [2.75, 3.05) is 11.9 Å². The summed E-state index contributed by atoms with van der Waals surface area (Å²) in [6.45, 7) is 3.02. The normalized spacial score (nSPS) is 26.0. The first kappa shape index (κ1) is 13.1. The first-order chi connectivity index (χ1) is 10.3. The van der Waals surface area contributed by atoms with E-state index in [1.807, 2.05) is 6.07 Å². The molecule has 1 aromatic heterocycles. The zero-order valence-corrected chi connectivity index (χ0v) is 12.5. The van der Waals surface area contributed by atoms with E-state index in [4.69, 9.17) is 9.72 Å². The highest BCUT2D eigenvalue weighted by Crippen LogP contribution is 2.38. The van der Waals surface area contributed by atoms with Crippen LogP contribution in [-0.4, -0.2) is 23.7 Å². The van der Waals surface area contributed by atoms with Crippen LogP contribution in [0, 0.1) is 12.8 Å². The molecule has 2 aromatic rings. The Balaban J connectivity index is 1.54. The molecule has 110 valence electrons. The minimum absolute atomic E-state index is 0.469. The topological polar surface area (TPSA) is 34.2 Å². The summed E-state index contributed by atoms with van der Waals surface area (Å²) in [7, 11) is 0. The summed E-state index contributed by atoms with van der Waals surface area (Å²) in [5.41, 5.74) is 2.29. The molecule has 4 rings (SSSR count). The number of para-hydroxylation sites is 1. The van der Waals surface area contributed by atoms with Crippen molar-refractivity contribution in [1.82, 2.24) is 4.98 Å². The first-order valence-electron chi connectivity index (χ1n) is 8.04. The molecule has 3 heteroatoms. The monoisotopic (exact) mass is 282 g/mol. The zero-order valence-electron chi connectivity index (χ0n) is 12.5. The molecule has 1 aromatic carbocycles. The summed E-state index contributed by atoms with van der Waals surface area (Å²) in [4.78, 5) is 4.80. The van der Waals surface area contributed by atoms with Crippen molar-refractivity contribution in [3.05, 3.63) is 35.9 Å². The van der Waals surface area contributed by atoms with E-state index in [-0.39, 0.29) is 0 Å². The molecule has 1 aliphatic carbocycles. The molecule has 0 amide bonds. The van der Waals surface area contributed by atoms with Crippen LogP contribution in [0.4, 0.5) is 5.82 Å². The van der Waals surface area contributed by atoms with Gasteiger partial charge in [-0.3, -0.25) is 0 Å². The molecule has 2 aliphatic rings. The molecule has 3 nitrogen and oxygen atoms in total. The highest BCUT2D eigenvalue weighted by atomic mass is 16.5. The maximum Gasteiger partial charge on any atom is 0.129 e. The number of pyridine rings is 1. The molecule has 21 heavy (non-hydrogen) atoms. The van der Waals surface area contributed by atoms with Crippen molar-refractivity contribution in [3.63, 3.8) is 0 Å². The van der Waals surface area contributed by atoms with Crippen molar-refractivity contribution in [1.29, 1.82) is 0 Å². The Hall–Kier alpha value is -1.61. The van der Waals surface area contributed by atoms with Gasteiger partial charge in [0.05, 0.1) is 11.6 Å². The number of nitrogens with one attached hydrogen (secondary N) is 1. The Morgan fingerprint density at radius 3 is 2.90 bits per heavy atom. The van der Waals surface area contributed by atoms with Gasteiger partial charge in [0.25, 0.3) is 0 Å². The number of aromatic nitrogens is 1. The second kappa shape index (κ2) is 5.30. The van der Waals surface area contributed by atoms with Gasteiger partial charge in [-0.1, -0.05) is 18.2 Å². The van der Waals surface area contributed by atoms with Gasteiger partial charge in [0.2, 0.25) is 0 Å². The second-order valence-corrected chi connectivity index (χ2v) is 6.46. The number of aryl methyl sites for hydroxylation is 1. The average molecular weight is 282 g/mol. The van der Waals surface area contributed by atoms with E-state index in [1.165, 1.54) is 23.8 Å². The highest BCUT2D eigenvalue weighted by molar-refractivity contribution is 5.81. The van der Waals surface area contributed by atoms with E-state index < -0.39 is 0 Å². The van der Waals surface area contributed by atoms with Crippen LogP contribution in [0.5, 0.6) is 0 Å². The molecule has 1 saturated carbocycles. The maximum atomic E-state index is 5.91. The molecule has 1 saturated heterocycles. The van der Waals surface area contributed by atoms with Gasteiger partial charge < -0.3 is 10.1 Å². The largest absolute Gasteiger partial charge is 0.378 e. The maximum absolute atomic E-state index is 5.91. The van der Waals surface area contributed by atoms with E-state index in [1.54, 1.807) is 0 Å². The summed E-state index contributed by atoms with van der Waals surface area (Å²) in [5, 5.41) is 4.87. The predicted octanol–water partition coefficient (Wildman–Crippen LogP) is 3.91. The van der Waals surface area contributed by atoms with E-state index in [9.17, 15) is 0 Å². The second-order valence-electron chi connectivity index (χ2n) is 6.46. The number of anilines is 1. The fourth-order valence-electron chi connectivity index (χ4n) is 3.32. The Labute approximate surface area is 125 Å². The Bertz CT molecular complexity index is 651. The first-order valence-corrected chi connectivity index (χ1v) is 8.04. The molecular formula is C18H22N2O. The van der Waals surface area contributed by atoms with Crippen molar-refractivity contribution in [2.24, 2.45) is 5.92 Å². The molecule has 0 bridgehead atoms. The standard InChI is InChI=1S/C18H22N2O/c1-12-10-14-4-2-3-5-16(14)20-18(12)19-15-8-9-21-17(11-15)13-6-7-13/h2-5,10,13,15,17H,6-9,11H2,1H3,(H,19,20). The zero-order chi connectivity index (χ0) is 14.2. The summed E-state index contributed by atoms with van der Waals surface area (Å²) in [5.74, 6) is 1.86. The number of hydrogen-bond donors (Lipinski definition) is 1. The van der Waals surface area contributed by atoms with E-state index in [0.29, 0.717) is 12.1 Å². The SMILES string of the molecule is Cc1cc2ccccc2nc1NC1CCOC(C2CC2)C1. The molecule has 1 N–H and O–H groups in total. The van der Waals surface area contributed by atoms with Gasteiger partial charge in [0.1, 0.15) is 5.82 Å². The van der Waals surface area contributed by atoms with Crippen LogP contribution >= 0.6 is 0 Å². The molecular weight excluding hydrogens is 260 g/mol. The summed E-state index contributed by atoms with van der Waals surface area (Å²) < 4.78 is 5.91. The molecule has 2 unspecified atom stereocenters. The third-order valence-electron chi connectivity index (χ3n) is 4.72. The van der Waals surface area contributed by atoms with Crippen LogP contribution in [0.15, 0.2) is 30.3 Å². The van der Waals surface area contributed by atoms with Crippen molar-refractivity contribution in [3.8, 4) is 0 Å². The van der Waals surface area contributed by atoms with Crippen molar-refractivity contribution in [2.45, 2.75) is 44.8 Å². The smallest absolute Gasteiger partial charge is 0.129 e.